The second-order valence-electron chi connectivity index (χ2n) is 5.02. The summed E-state index contributed by atoms with van der Waals surface area (Å²) in [6.07, 6.45) is 0.809. The second-order valence-corrected chi connectivity index (χ2v) is 5.02. The Labute approximate surface area is 140 Å². The largest absolute Gasteiger partial charge is 0.463 e. The third-order valence-corrected chi connectivity index (χ3v) is 3.17. The third-order valence-electron chi connectivity index (χ3n) is 3.17. The zero-order valence-electron chi connectivity index (χ0n) is 13.6. The van der Waals surface area contributed by atoms with E-state index in [1.54, 1.807) is 37.4 Å². The smallest absolute Gasteiger partial charge is 0.347 e. The minimum atomic E-state index is -0.937. The van der Waals surface area contributed by atoms with Crippen molar-refractivity contribution in [3.8, 4) is 0 Å². The first-order valence-corrected chi connectivity index (χ1v) is 7.67. The molecule has 2 rings (SSSR count). The van der Waals surface area contributed by atoms with Crippen molar-refractivity contribution in [1.29, 1.82) is 0 Å². The minimum Gasteiger partial charge on any atom is -0.463 e. The van der Waals surface area contributed by atoms with Crippen LogP contribution in [0.1, 0.15) is 29.8 Å². The molecule has 0 aliphatic rings. The standard InChI is InChI=1S/C19H19NO4/c1-3-23-18(21)14(2)24-19(22)16-9-11-17(12-10-16)20-13-15-7-5-4-6-8-15/h4-14H,3H2,1-2H3. The molecule has 0 radical (unpaired) electrons. The number of benzene rings is 2. The highest BCUT2D eigenvalue weighted by Gasteiger charge is 2.19. The van der Waals surface area contributed by atoms with Crippen LogP contribution in [-0.4, -0.2) is 30.9 Å². The van der Waals surface area contributed by atoms with Gasteiger partial charge in [0.1, 0.15) is 0 Å². The van der Waals surface area contributed by atoms with Crippen LogP contribution in [0.4, 0.5) is 5.69 Å². The van der Waals surface area contributed by atoms with E-state index in [9.17, 15) is 9.59 Å². The minimum absolute atomic E-state index is 0.245. The van der Waals surface area contributed by atoms with E-state index in [1.165, 1.54) is 6.92 Å². The van der Waals surface area contributed by atoms with Crippen LogP contribution in [0.25, 0.3) is 0 Å². The second kappa shape index (κ2) is 8.62. The van der Waals surface area contributed by atoms with Crippen LogP contribution in [0.5, 0.6) is 0 Å². The molecule has 0 spiro atoms. The molecule has 0 aliphatic heterocycles. The van der Waals surface area contributed by atoms with E-state index in [0.717, 1.165) is 5.56 Å². The van der Waals surface area contributed by atoms with E-state index < -0.39 is 18.0 Å². The molecule has 0 bridgehead atoms. The monoisotopic (exact) mass is 325 g/mol. The van der Waals surface area contributed by atoms with Gasteiger partial charge in [0, 0.05) is 6.21 Å². The number of nitrogens with zero attached hydrogens (tertiary/aromatic N) is 1. The van der Waals surface area contributed by atoms with Gasteiger partial charge in [0.25, 0.3) is 0 Å². The van der Waals surface area contributed by atoms with Crippen molar-refractivity contribution in [3.05, 3.63) is 65.7 Å². The maximum Gasteiger partial charge on any atom is 0.347 e. The van der Waals surface area contributed by atoms with Crippen molar-refractivity contribution in [3.63, 3.8) is 0 Å². The van der Waals surface area contributed by atoms with E-state index in [0.29, 0.717) is 11.3 Å². The van der Waals surface area contributed by atoms with Crippen molar-refractivity contribution in [2.24, 2.45) is 4.99 Å². The van der Waals surface area contributed by atoms with Crippen molar-refractivity contribution >= 4 is 23.8 Å². The average molecular weight is 325 g/mol. The Balaban J connectivity index is 1.97. The Morgan fingerprint density at radius 1 is 1.08 bits per heavy atom. The van der Waals surface area contributed by atoms with E-state index >= 15 is 0 Å². The summed E-state index contributed by atoms with van der Waals surface area (Å²) in [7, 11) is 0. The molecule has 2 aromatic carbocycles. The van der Waals surface area contributed by atoms with Crippen LogP contribution in [0.2, 0.25) is 0 Å². The van der Waals surface area contributed by atoms with Gasteiger partial charge in [0.15, 0.2) is 6.10 Å². The van der Waals surface area contributed by atoms with Gasteiger partial charge in [0.05, 0.1) is 17.9 Å². The zero-order chi connectivity index (χ0) is 17.4. The predicted molar refractivity (Wildman–Crippen MR) is 91.6 cm³/mol. The molecule has 1 unspecified atom stereocenters. The Kier molecular flexibility index (Phi) is 6.25. The van der Waals surface area contributed by atoms with Gasteiger partial charge in [-0.05, 0) is 43.7 Å². The van der Waals surface area contributed by atoms with E-state index in [4.69, 9.17) is 9.47 Å². The SMILES string of the molecule is CCOC(=O)C(C)OC(=O)c1ccc(N=Cc2ccccc2)cc1. The normalized spacial score (nSPS) is 11.9. The van der Waals surface area contributed by atoms with Gasteiger partial charge in [-0.25, -0.2) is 9.59 Å². The maximum atomic E-state index is 12.0. The summed E-state index contributed by atoms with van der Waals surface area (Å²) in [5, 5.41) is 0. The first kappa shape index (κ1) is 17.4. The number of carbonyl (C=O) groups is 2. The van der Waals surface area contributed by atoms with Crippen molar-refractivity contribution in [1.82, 2.24) is 0 Å². The van der Waals surface area contributed by atoms with Crippen molar-refractivity contribution < 1.29 is 19.1 Å². The summed E-state index contributed by atoms with van der Waals surface area (Å²) in [6, 6.07) is 16.4. The first-order valence-electron chi connectivity index (χ1n) is 7.67. The molecule has 0 aromatic heterocycles. The Morgan fingerprint density at radius 3 is 2.38 bits per heavy atom. The van der Waals surface area contributed by atoms with Crippen LogP contribution >= 0.6 is 0 Å². The predicted octanol–water partition coefficient (Wildman–Crippen LogP) is 3.55. The number of hydrogen-bond acceptors (Lipinski definition) is 5. The van der Waals surface area contributed by atoms with Gasteiger partial charge in [-0.1, -0.05) is 30.3 Å². The molecule has 0 saturated carbocycles. The molecule has 0 saturated heterocycles. The number of hydrogen-bond donors (Lipinski definition) is 0. The van der Waals surface area contributed by atoms with E-state index in [-0.39, 0.29) is 6.61 Å². The molecule has 24 heavy (non-hydrogen) atoms. The molecule has 124 valence electrons. The topological polar surface area (TPSA) is 65.0 Å². The number of rotatable bonds is 6. The highest BCUT2D eigenvalue weighted by molar-refractivity contribution is 5.92. The summed E-state index contributed by atoms with van der Waals surface area (Å²) in [6.45, 7) is 3.42. The highest BCUT2D eigenvalue weighted by Crippen LogP contribution is 2.14. The molecule has 5 heteroatoms. The van der Waals surface area contributed by atoms with Gasteiger partial charge in [0.2, 0.25) is 0 Å². The van der Waals surface area contributed by atoms with E-state index in [1.807, 2.05) is 30.3 Å². The highest BCUT2D eigenvalue weighted by atomic mass is 16.6. The lowest BCUT2D eigenvalue weighted by Crippen LogP contribution is -2.26. The van der Waals surface area contributed by atoms with Gasteiger partial charge in [-0.2, -0.15) is 0 Å². The summed E-state index contributed by atoms with van der Waals surface area (Å²) >= 11 is 0. The molecular weight excluding hydrogens is 306 g/mol. The van der Waals surface area contributed by atoms with Crippen LogP contribution in [-0.2, 0) is 14.3 Å². The average Bonchev–Trinajstić information content (AvgIpc) is 2.61. The summed E-state index contributed by atoms with van der Waals surface area (Å²) < 4.78 is 9.87. The van der Waals surface area contributed by atoms with Gasteiger partial charge >= 0.3 is 11.9 Å². The molecular formula is C19H19NO4. The zero-order valence-corrected chi connectivity index (χ0v) is 13.6. The maximum absolute atomic E-state index is 12.0. The third kappa shape index (κ3) is 5.05. The molecule has 0 heterocycles. The Bertz CT molecular complexity index is 708. The van der Waals surface area contributed by atoms with Crippen LogP contribution < -0.4 is 0 Å². The lowest BCUT2D eigenvalue weighted by Gasteiger charge is -2.11. The summed E-state index contributed by atoms with van der Waals surface area (Å²) in [5.74, 6) is -1.14. The number of ether oxygens (including phenoxy) is 2. The van der Waals surface area contributed by atoms with Crippen LogP contribution in [0.15, 0.2) is 59.6 Å². The fourth-order valence-corrected chi connectivity index (χ4v) is 1.91. The number of esters is 2. The first-order chi connectivity index (χ1) is 11.6. The van der Waals surface area contributed by atoms with Gasteiger partial charge in [-0.15, -0.1) is 0 Å². The lowest BCUT2D eigenvalue weighted by atomic mass is 10.2. The molecule has 0 aliphatic carbocycles. The van der Waals surface area contributed by atoms with Gasteiger partial charge in [-0.3, -0.25) is 4.99 Å². The molecule has 5 nitrogen and oxygen atoms in total. The van der Waals surface area contributed by atoms with Crippen molar-refractivity contribution in [2.45, 2.75) is 20.0 Å². The molecule has 1 atom stereocenters. The molecule has 0 N–H and O–H groups in total. The summed E-state index contributed by atoms with van der Waals surface area (Å²) in [5.41, 5.74) is 2.06. The van der Waals surface area contributed by atoms with Crippen molar-refractivity contribution in [2.75, 3.05) is 6.61 Å². The Hall–Kier alpha value is -2.95. The van der Waals surface area contributed by atoms with Gasteiger partial charge < -0.3 is 9.47 Å². The fraction of sp³-hybridized carbons (Fsp3) is 0.211. The van der Waals surface area contributed by atoms with Crippen LogP contribution in [0, 0.1) is 0 Å². The number of carbonyl (C=O) groups excluding carboxylic acids is 2. The quantitative estimate of drug-likeness (QED) is 0.602. The molecule has 2 aromatic rings. The Morgan fingerprint density at radius 2 is 1.75 bits per heavy atom. The molecule has 0 amide bonds. The molecule has 0 fully saturated rings. The lowest BCUT2D eigenvalue weighted by molar-refractivity contribution is -0.152. The summed E-state index contributed by atoms with van der Waals surface area (Å²) in [4.78, 5) is 27.8. The number of aliphatic imine (C=N–C) groups is 1. The fourth-order valence-electron chi connectivity index (χ4n) is 1.91. The van der Waals surface area contributed by atoms with Crippen LogP contribution in [0.3, 0.4) is 0 Å². The van der Waals surface area contributed by atoms with E-state index in [2.05, 4.69) is 4.99 Å².